The molecular formula is C19H22BrNO. The molecule has 1 aliphatic carbocycles. The van der Waals surface area contributed by atoms with Crippen LogP contribution in [0.15, 0.2) is 46.9 Å². The van der Waals surface area contributed by atoms with Crippen molar-refractivity contribution in [3.8, 4) is 5.75 Å². The maximum Gasteiger partial charge on any atom is 0.127 e. The highest BCUT2D eigenvalue weighted by Gasteiger charge is 2.20. The van der Waals surface area contributed by atoms with E-state index in [1.807, 2.05) is 18.2 Å². The molecular weight excluding hydrogens is 338 g/mol. The van der Waals surface area contributed by atoms with Gasteiger partial charge in [0.05, 0.1) is 0 Å². The Balaban J connectivity index is 1.69. The van der Waals surface area contributed by atoms with Crippen molar-refractivity contribution in [2.45, 2.75) is 32.9 Å². The number of hydrogen-bond acceptors (Lipinski definition) is 2. The minimum absolute atomic E-state index is 0.610. The lowest BCUT2D eigenvalue weighted by Gasteiger charge is -2.16. The SMILES string of the molecule is Cc1cc(Br)cc(CNCC2CC2)c1OCc1ccccc1. The van der Waals surface area contributed by atoms with Crippen molar-refractivity contribution < 1.29 is 4.74 Å². The maximum absolute atomic E-state index is 6.12. The fraction of sp³-hybridized carbons (Fsp3) is 0.368. The highest BCUT2D eigenvalue weighted by atomic mass is 79.9. The maximum atomic E-state index is 6.12. The molecule has 0 heterocycles. The molecule has 116 valence electrons. The molecule has 2 nitrogen and oxygen atoms in total. The van der Waals surface area contributed by atoms with Crippen LogP contribution in [0.4, 0.5) is 0 Å². The summed E-state index contributed by atoms with van der Waals surface area (Å²) in [5, 5.41) is 3.56. The number of aryl methyl sites for hydroxylation is 1. The van der Waals surface area contributed by atoms with Gasteiger partial charge >= 0.3 is 0 Å². The summed E-state index contributed by atoms with van der Waals surface area (Å²) in [6.07, 6.45) is 2.75. The Morgan fingerprint density at radius 3 is 2.68 bits per heavy atom. The van der Waals surface area contributed by atoms with Crippen molar-refractivity contribution in [1.29, 1.82) is 0 Å². The zero-order valence-electron chi connectivity index (χ0n) is 12.9. The first-order valence-electron chi connectivity index (χ1n) is 7.89. The van der Waals surface area contributed by atoms with Gasteiger partial charge in [-0.15, -0.1) is 0 Å². The highest BCUT2D eigenvalue weighted by Crippen LogP contribution is 2.30. The van der Waals surface area contributed by atoms with Crippen LogP contribution in [0.2, 0.25) is 0 Å². The summed E-state index contributed by atoms with van der Waals surface area (Å²) >= 11 is 3.59. The van der Waals surface area contributed by atoms with Crippen LogP contribution in [-0.4, -0.2) is 6.54 Å². The molecule has 2 aromatic carbocycles. The highest BCUT2D eigenvalue weighted by molar-refractivity contribution is 9.10. The van der Waals surface area contributed by atoms with Gasteiger partial charge in [0.15, 0.2) is 0 Å². The summed E-state index contributed by atoms with van der Waals surface area (Å²) in [6, 6.07) is 14.6. The number of rotatable bonds is 7. The fourth-order valence-corrected chi connectivity index (χ4v) is 3.22. The smallest absolute Gasteiger partial charge is 0.127 e. The Labute approximate surface area is 141 Å². The normalized spacial score (nSPS) is 14.1. The van der Waals surface area contributed by atoms with E-state index >= 15 is 0 Å². The van der Waals surface area contributed by atoms with Crippen LogP contribution in [0, 0.1) is 12.8 Å². The van der Waals surface area contributed by atoms with Gasteiger partial charge in [-0.05, 0) is 55.5 Å². The van der Waals surface area contributed by atoms with E-state index in [0.29, 0.717) is 6.61 Å². The van der Waals surface area contributed by atoms with E-state index in [0.717, 1.165) is 29.2 Å². The first-order valence-corrected chi connectivity index (χ1v) is 8.68. The fourth-order valence-electron chi connectivity index (χ4n) is 2.60. The second-order valence-corrected chi connectivity index (χ2v) is 6.98. The molecule has 1 N–H and O–H groups in total. The molecule has 0 saturated heterocycles. The van der Waals surface area contributed by atoms with E-state index in [9.17, 15) is 0 Å². The van der Waals surface area contributed by atoms with Gasteiger partial charge in [0.25, 0.3) is 0 Å². The standard InChI is InChI=1S/C19H22BrNO/c1-14-9-18(20)10-17(12-21-11-15-7-8-15)19(14)22-13-16-5-3-2-4-6-16/h2-6,9-10,15,21H,7-8,11-13H2,1H3. The third-order valence-corrected chi connectivity index (χ3v) is 4.45. The topological polar surface area (TPSA) is 21.3 Å². The second kappa shape index (κ2) is 7.30. The number of nitrogens with one attached hydrogen (secondary N) is 1. The molecule has 0 radical (unpaired) electrons. The predicted molar refractivity (Wildman–Crippen MR) is 94.1 cm³/mol. The molecule has 2 aromatic rings. The monoisotopic (exact) mass is 359 g/mol. The lowest BCUT2D eigenvalue weighted by atomic mass is 10.1. The summed E-state index contributed by atoms with van der Waals surface area (Å²) in [6.45, 7) is 4.69. The van der Waals surface area contributed by atoms with E-state index in [2.05, 4.69) is 52.4 Å². The summed E-state index contributed by atoms with van der Waals surface area (Å²) in [4.78, 5) is 0. The summed E-state index contributed by atoms with van der Waals surface area (Å²) in [5.41, 5.74) is 3.60. The Bertz CT molecular complexity index is 623. The van der Waals surface area contributed by atoms with Gasteiger partial charge in [0.1, 0.15) is 12.4 Å². The van der Waals surface area contributed by atoms with Gasteiger partial charge in [0.2, 0.25) is 0 Å². The number of hydrogen-bond donors (Lipinski definition) is 1. The molecule has 0 unspecified atom stereocenters. The number of benzene rings is 2. The predicted octanol–water partition coefficient (Wildman–Crippen LogP) is 4.84. The van der Waals surface area contributed by atoms with Crippen molar-refractivity contribution in [2.75, 3.05) is 6.54 Å². The van der Waals surface area contributed by atoms with Crippen molar-refractivity contribution in [3.63, 3.8) is 0 Å². The quantitative estimate of drug-likeness (QED) is 0.763. The van der Waals surface area contributed by atoms with Crippen molar-refractivity contribution >= 4 is 15.9 Å². The molecule has 0 atom stereocenters. The third-order valence-electron chi connectivity index (χ3n) is 3.99. The number of halogens is 1. The van der Waals surface area contributed by atoms with Crippen LogP contribution in [0.1, 0.15) is 29.5 Å². The molecule has 1 aliphatic rings. The summed E-state index contributed by atoms with van der Waals surface area (Å²) in [7, 11) is 0. The average Bonchev–Trinajstić information content (AvgIpc) is 3.31. The lowest BCUT2D eigenvalue weighted by molar-refractivity contribution is 0.300. The third kappa shape index (κ3) is 4.34. The first kappa shape index (κ1) is 15.6. The molecule has 22 heavy (non-hydrogen) atoms. The zero-order chi connectivity index (χ0) is 15.4. The zero-order valence-corrected chi connectivity index (χ0v) is 14.5. The van der Waals surface area contributed by atoms with E-state index in [1.54, 1.807) is 0 Å². The van der Waals surface area contributed by atoms with Crippen LogP contribution in [0.5, 0.6) is 5.75 Å². The lowest BCUT2D eigenvalue weighted by Crippen LogP contribution is -2.17. The van der Waals surface area contributed by atoms with Gasteiger partial charge < -0.3 is 10.1 Å². The molecule has 0 bridgehead atoms. The molecule has 0 spiro atoms. The summed E-state index contributed by atoms with van der Waals surface area (Å²) < 4.78 is 7.23. The largest absolute Gasteiger partial charge is 0.488 e. The van der Waals surface area contributed by atoms with Crippen LogP contribution in [0.25, 0.3) is 0 Å². The Kier molecular flexibility index (Phi) is 5.16. The van der Waals surface area contributed by atoms with Gasteiger partial charge in [-0.1, -0.05) is 46.3 Å². The molecule has 0 aliphatic heterocycles. The van der Waals surface area contributed by atoms with E-state index in [-0.39, 0.29) is 0 Å². The van der Waals surface area contributed by atoms with Crippen LogP contribution in [0.3, 0.4) is 0 Å². The van der Waals surface area contributed by atoms with Crippen LogP contribution < -0.4 is 10.1 Å². The first-order chi connectivity index (χ1) is 10.7. The van der Waals surface area contributed by atoms with Crippen LogP contribution in [-0.2, 0) is 13.2 Å². The Morgan fingerprint density at radius 1 is 1.18 bits per heavy atom. The van der Waals surface area contributed by atoms with Gasteiger partial charge in [-0.2, -0.15) is 0 Å². The van der Waals surface area contributed by atoms with Crippen LogP contribution >= 0.6 is 15.9 Å². The molecule has 1 fully saturated rings. The molecule has 3 heteroatoms. The van der Waals surface area contributed by atoms with Crippen molar-refractivity contribution in [2.24, 2.45) is 5.92 Å². The minimum atomic E-state index is 0.610. The van der Waals surface area contributed by atoms with E-state index < -0.39 is 0 Å². The van der Waals surface area contributed by atoms with Gasteiger partial charge in [0, 0.05) is 16.6 Å². The van der Waals surface area contributed by atoms with Gasteiger partial charge in [-0.25, -0.2) is 0 Å². The van der Waals surface area contributed by atoms with Crippen molar-refractivity contribution in [1.82, 2.24) is 5.32 Å². The van der Waals surface area contributed by atoms with E-state index in [1.165, 1.54) is 29.5 Å². The molecule has 0 aromatic heterocycles. The average molecular weight is 360 g/mol. The Morgan fingerprint density at radius 2 is 1.95 bits per heavy atom. The Hall–Kier alpha value is -1.32. The molecule has 0 amide bonds. The second-order valence-electron chi connectivity index (χ2n) is 6.06. The minimum Gasteiger partial charge on any atom is -0.488 e. The summed E-state index contributed by atoms with van der Waals surface area (Å²) in [5.74, 6) is 1.90. The number of ether oxygens (including phenoxy) is 1. The van der Waals surface area contributed by atoms with Gasteiger partial charge in [-0.3, -0.25) is 0 Å². The van der Waals surface area contributed by atoms with E-state index in [4.69, 9.17) is 4.74 Å². The molecule has 3 rings (SSSR count). The van der Waals surface area contributed by atoms with Crippen molar-refractivity contribution in [3.05, 3.63) is 63.6 Å². The molecule has 1 saturated carbocycles.